The van der Waals surface area contributed by atoms with E-state index in [0.717, 1.165) is 16.8 Å². The average molecular weight is 321 g/mol. The number of ether oxygens (including phenoxy) is 1. The van der Waals surface area contributed by atoms with E-state index in [-0.39, 0.29) is 12.6 Å². The van der Waals surface area contributed by atoms with E-state index in [2.05, 4.69) is 9.97 Å². The maximum atomic E-state index is 10.5. The van der Waals surface area contributed by atoms with Crippen molar-refractivity contribution >= 4 is 11.9 Å². The van der Waals surface area contributed by atoms with Crippen LogP contribution in [-0.4, -0.2) is 27.7 Å². The molecule has 0 aliphatic heterocycles. The van der Waals surface area contributed by atoms with Crippen LogP contribution in [-0.2, 0) is 4.79 Å². The highest BCUT2D eigenvalue weighted by atomic mass is 16.5. The van der Waals surface area contributed by atoms with Crippen molar-refractivity contribution in [3.05, 3.63) is 60.7 Å². The van der Waals surface area contributed by atoms with Crippen molar-refractivity contribution in [3.63, 3.8) is 0 Å². The third-order valence-electron chi connectivity index (χ3n) is 3.33. The molecule has 6 nitrogen and oxygen atoms in total. The summed E-state index contributed by atoms with van der Waals surface area (Å²) in [7, 11) is 0. The van der Waals surface area contributed by atoms with Gasteiger partial charge in [-0.15, -0.1) is 0 Å². The van der Waals surface area contributed by atoms with Crippen molar-refractivity contribution in [1.29, 1.82) is 0 Å². The Bertz CT molecular complexity index is 849. The van der Waals surface area contributed by atoms with E-state index < -0.39 is 5.97 Å². The first-order valence-electron chi connectivity index (χ1n) is 7.27. The van der Waals surface area contributed by atoms with Gasteiger partial charge in [0.2, 0.25) is 5.95 Å². The Morgan fingerprint density at radius 2 is 1.54 bits per heavy atom. The number of carboxylic acid groups (broad SMARTS) is 1. The van der Waals surface area contributed by atoms with Crippen molar-refractivity contribution in [2.24, 2.45) is 0 Å². The van der Waals surface area contributed by atoms with Gasteiger partial charge in [0.15, 0.2) is 6.61 Å². The lowest BCUT2D eigenvalue weighted by molar-refractivity contribution is -0.139. The van der Waals surface area contributed by atoms with Crippen LogP contribution in [0.5, 0.6) is 5.75 Å². The molecule has 0 saturated heterocycles. The Balaban J connectivity index is 1.89. The maximum absolute atomic E-state index is 10.5. The first-order chi connectivity index (χ1) is 11.6. The van der Waals surface area contributed by atoms with Crippen molar-refractivity contribution in [2.45, 2.75) is 0 Å². The van der Waals surface area contributed by atoms with Crippen LogP contribution in [0.1, 0.15) is 0 Å². The van der Waals surface area contributed by atoms with Crippen LogP contribution in [0.2, 0.25) is 0 Å². The molecule has 3 N–H and O–H groups in total. The number of carbonyl (C=O) groups is 1. The summed E-state index contributed by atoms with van der Waals surface area (Å²) in [6, 6.07) is 18.6. The quantitative estimate of drug-likeness (QED) is 0.750. The Kier molecular flexibility index (Phi) is 4.38. The van der Waals surface area contributed by atoms with E-state index in [4.69, 9.17) is 15.6 Å². The van der Waals surface area contributed by atoms with Gasteiger partial charge in [0.05, 0.1) is 11.4 Å². The summed E-state index contributed by atoms with van der Waals surface area (Å²) in [5.74, 6) is -0.348. The molecule has 0 fully saturated rings. The summed E-state index contributed by atoms with van der Waals surface area (Å²) in [5, 5.41) is 8.62. The van der Waals surface area contributed by atoms with Gasteiger partial charge in [-0.2, -0.15) is 0 Å². The fourth-order valence-electron chi connectivity index (χ4n) is 2.24. The Labute approximate surface area is 138 Å². The molecule has 0 aliphatic rings. The van der Waals surface area contributed by atoms with Gasteiger partial charge in [0, 0.05) is 11.1 Å². The van der Waals surface area contributed by atoms with Gasteiger partial charge in [0.1, 0.15) is 5.75 Å². The van der Waals surface area contributed by atoms with Gasteiger partial charge < -0.3 is 15.6 Å². The number of nitrogens with two attached hydrogens (primary N) is 1. The highest BCUT2D eigenvalue weighted by Gasteiger charge is 2.07. The van der Waals surface area contributed by atoms with Crippen LogP contribution < -0.4 is 10.5 Å². The highest BCUT2D eigenvalue weighted by molar-refractivity contribution is 5.70. The first kappa shape index (κ1) is 15.5. The number of carboxylic acids is 1. The van der Waals surface area contributed by atoms with Crippen LogP contribution in [0.3, 0.4) is 0 Å². The number of aliphatic carboxylic acids is 1. The maximum Gasteiger partial charge on any atom is 0.341 e. The monoisotopic (exact) mass is 321 g/mol. The van der Waals surface area contributed by atoms with Gasteiger partial charge in [0.25, 0.3) is 0 Å². The number of nitrogens with zero attached hydrogens (tertiary/aromatic N) is 2. The molecule has 0 saturated carbocycles. The second kappa shape index (κ2) is 6.78. The third kappa shape index (κ3) is 3.67. The lowest BCUT2D eigenvalue weighted by atomic mass is 10.1. The SMILES string of the molecule is Nc1nc(-c2ccccc2)cc(-c2ccc(OCC(=O)O)cc2)n1. The molecule has 0 amide bonds. The summed E-state index contributed by atoms with van der Waals surface area (Å²) in [5.41, 5.74) is 9.05. The van der Waals surface area contributed by atoms with Crippen molar-refractivity contribution in [2.75, 3.05) is 12.3 Å². The van der Waals surface area contributed by atoms with Crippen molar-refractivity contribution < 1.29 is 14.6 Å². The number of rotatable bonds is 5. The molecule has 0 bridgehead atoms. The molecule has 3 aromatic rings. The number of aromatic nitrogens is 2. The largest absolute Gasteiger partial charge is 0.482 e. The number of hydrogen-bond acceptors (Lipinski definition) is 5. The minimum Gasteiger partial charge on any atom is -0.482 e. The van der Waals surface area contributed by atoms with E-state index >= 15 is 0 Å². The number of anilines is 1. The minimum atomic E-state index is -1.02. The van der Waals surface area contributed by atoms with Crippen LogP contribution >= 0.6 is 0 Å². The molecule has 1 heterocycles. The molecular formula is C18H15N3O3. The number of hydrogen-bond donors (Lipinski definition) is 2. The Morgan fingerprint density at radius 3 is 2.12 bits per heavy atom. The molecule has 0 radical (unpaired) electrons. The number of benzene rings is 2. The molecule has 0 atom stereocenters. The molecular weight excluding hydrogens is 306 g/mol. The fraction of sp³-hybridized carbons (Fsp3) is 0.0556. The highest BCUT2D eigenvalue weighted by Crippen LogP contribution is 2.25. The Morgan fingerprint density at radius 1 is 0.958 bits per heavy atom. The lowest BCUT2D eigenvalue weighted by Gasteiger charge is -2.08. The van der Waals surface area contributed by atoms with Crippen molar-refractivity contribution in [3.8, 4) is 28.3 Å². The van der Waals surface area contributed by atoms with E-state index in [9.17, 15) is 4.79 Å². The molecule has 24 heavy (non-hydrogen) atoms. The van der Waals surface area contributed by atoms with Crippen LogP contribution in [0.4, 0.5) is 5.95 Å². The van der Waals surface area contributed by atoms with E-state index in [1.165, 1.54) is 0 Å². The van der Waals surface area contributed by atoms with Crippen LogP contribution in [0, 0.1) is 0 Å². The van der Waals surface area contributed by atoms with Gasteiger partial charge in [-0.25, -0.2) is 14.8 Å². The van der Waals surface area contributed by atoms with Gasteiger partial charge in [-0.3, -0.25) is 0 Å². The van der Waals surface area contributed by atoms with Gasteiger partial charge >= 0.3 is 5.97 Å². The standard InChI is InChI=1S/C18H15N3O3/c19-18-20-15(12-4-2-1-3-5-12)10-16(21-18)13-6-8-14(9-7-13)24-11-17(22)23/h1-10H,11H2,(H,22,23)(H2,19,20,21). The normalized spacial score (nSPS) is 10.3. The minimum absolute atomic E-state index is 0.192. The summed E-state index contributed by atoms with van der Waals surface area (Å²) in [6.45, 7) is -0.377. The number of nitrogen functional groups attached to an aromatic ring is 1. The molecule has 2 aromatic carbocycles. The smallest absolute Gasteiger partial charge is 0.341 e. The molecule has 120 valence electrons. The summed E-state index contributed by atoms with van der Waals surface area (Å²) in [6.07, 6.45) is 0. The molecule has 0 unspecified atom stereocenters. The molecule has 0 spiro atoms. The first-order valence-corrected chi connectivity index (χ1v) is 7.27. The Hall–Kier alpha value is -3.41. The molecule has 1 aromatic heterocycles. The van der Waals surface area contributed by atoms with Crippen LogP contribution in [0.15, 0.2) is 60.7 Å². The van der Waals surface area contributed by atoms with E-state index in [0.29, 0.717) is 11.4 Å². The zero-order valence-corrected chi connectivity index (χ0v) is 12.7. The topological polar surface area (TPSA) is 98.3 Å². The van der Waals surface area contributed by atoms with Gasteiger partial charge in [-0.05, 0) is 30.3 Å². The van der Waals surface area contributed by atoms with Crippen LogP contribution in [0.25, 0.3) is 22.5 Å². The second-order valence-electron chi connectivity index (χ2n) is 5.07. The van der Waals surface area contributed by atoms with Crippen molar-refractivity contribution in [1.82, 2.24) is 9.97 Å². The molecule has 6 heteroatoms. The summed E-state index contributed by atoms with van der Waals surface area (Å²) in [4.78, 5) is 19.1. The fourth-order valence-corrected chi connectivity index (χ4v) is 2.24. The third-order valence-corrected chi connectivity index (χ3v) is 3.33. The summed E-state index contributed by atoms with van der Waals surface area (Å²) < 4.78 is 5.12. The lowest BCUT2D eigenvalue weighted by Crippen LogP contribution is -2.09. The van der Waals surface area contributed by atoms with E-state index in [1.54, 1.807) is 24.3 Å². The second-order valence-corrected chi connectivity index (χ2v) is 5.07. The predicted molar refractivity (Wildman–Crippen MR) is 90.4 cm³/mol. The predicted octanol–water partition coefficient (Wildman–Crippen LogP) is 2.86. The molecule has 0 aliphatic carbocycles. The zero-order valence-electron chi connectivity index (χ0n) is 12.7. The van der Waals surface area contributed by atoms with E-state index in [1.807, 2.05) is 36.4 Å². The molecule has 3 rings (SSSR count). The van der Waals surface area contributed by atoms with Gasteiger partial charge in [-0.1, -0.05) is 30.3 Å². The zero-order chi connectivity index (χ0) is 16.9. The average Bonchev–Trinajstić information content (AvgIpc) is 2.60. The summed E-state index contributed by atoms with van der Waals surface area (Å²) >= 11 is 0.